The molecular formula is C37H23Cl. The Morgan fingerprint density at radius 3 is 1.55 bits per heavy atom. The van der Waals surface area contributed by atoms with E-state index in [0.717, 1.165) is 16.1 Å². The molecule has 0 radical (unpaired) electrons. The molecule has 6 aromatic rings. The van der Waals surface area contributed by atoms with Crippen molar-refractivity contribution in [2.75, 3.05) is 0 Å². The fraction of sp³-hybridized carbons (Fsp3) is 0.0270. The molecule has 0 aromatic heterocycles. The first-order chi connectivity index (χ1) is 18.8. The van der Waals surface area contributed by atoms with E-state index in [1.54, 1.807) is 0 Å². The molecule has 2 aliphatic rings. The SMILES string of the molecule is Clc1cc(-c2ccccc2)cc(-c2cccc3c2-c2ccccc2C32c3ccccc3-c3ccccc32)c1. The minimum Gasteiger partial charge on any atom is -0.0843 e. The maximum Gasteiger partial charge on any atom is 0.0725 e. The summed E-state index contributed by atoms with van der Waals surface area (Å²) < 4.78 is 0. The van der Waals surface area contributed by atoms with Crippen molar-refractivity contribution in [1.29, 1.82) is 0 Å². The van der Waals surface area contributed by atoms with E-state index in [2.05, 4.69) is 133 Å². The largest absolute Gasteiger partial charge is 0.0843 e. The second-order valence-electron chi connectivity index (χ2n) is 10.2. The topological polar surface area (TPSA) is 0 Å². The minimum atomic E-state index is -0.337. The highest BCUT2D eigenvalue weighted by molar-refractivity contribution is 6.31. The molecule has 0 fully saturated rings. The number of hydrogen-bond acceptors (Lipinski definition) is 0. The van der Waals surface area contributed by atoms with Gasteiger partial charge in [0.2, 0.25) is 0 Å². The lowest BCUT2D eigenvalue weighted by atomic mass is 9.70. The van der Waals surface area contributed by atoms with E-state index in [9.17, 15) is 0 Å². The van der Waals surface area contributed by atoms with Crippen LogP contribution >= 0.6 is 11.6 Å². The molecule has 0 saturated carbocycles. The van der Waals surface area contributed by atoms with E-state index < -0.39 is 0 Å². The summed E-state index contributed by atoms with van der Waals surface area (Å²) in [7, 11) is 0. The van der Waals surface area contributed by atoms with Crippen LogP contribution in [0.3, 0.4) is 0 Å². The van der Waals surface area contributed by atoms with Crippen LogP contribution in [-0.4, -0.2) is 0 Å². The van der Waals surface area contributed by atoms with E-state index >= 15 is 0 Å². The Kier molecular flexibility index (Phi) is 4.59. The van der Waals surface area contributed by atoms with Crippen molar-refractivity contribution in [2.24, 2.45) is 0 Å². The van der Waals surface area contributed by atoms with Gasteiger partial charge in [0.25, 0.3) is 0 Å². The van der Waals surface area contributed by atoms with Crippen molar-refractivity contribution in [1.82, 2.24) is 0 Å². The highest BCUT2D eigenvalue weighted by Gasteiger charge is 2.51. The van der Waals surface area contributed by atoms with Gasteiger partial charge >= 0.3 is 0 Å². The Hall–Kier alpha value is -4.39. The zero-order chi connectivity index (χ0) is 25.3. The molecule has 178 valence electrons. The molecule has 38 heavy (non-hydrogen) atoms. The molecule has 1 heteroatoms. The van der Waals surface area contributed by atoms with E-state index in [4.69, 9.17) is 11.6 Å². The molecule has 0 heterocycles. The highest BCUT2D eigenvalue weighted by atomic mass is 35.5. The van der Waals surface area contributed by atoms with E-state index in [0.29, 0.717) is 0 Å². The van der Waals surface area contributed by atoms with Crippen molar-refractivity contribution in [3.8, 4) is 44.5 Å². The Morgan fingerprint density at radius 1 is 0.368 bits per heavy atom. The van der Waals surface area contributed by atoms with E-state index in [1.807, 2.05) is 6.07 Å². The second kappa shape index (κ2) is 8.05. The first-order valence-corrected chi connectivity index (χ1v) is 13.4. The van der Waals surface area contributed by atoms with Gasteiger partial charge < -0.3 is 0 Å². The number of halogens is 1. The first-order valence-electron chi connectivity index (χ1n) is 13.1. The molecular weight excluding hydrogens is 480 g/mol. The van der Waals surface area contributed by atoms with Crippen molar-refractivity contribution >= 4 is 11.6 Å². The summed E-state index contributed by atoms with van der Waals surface area (Å²) in [6.45, 7) is 0. The number of fused-ring (bicyclic) bond motifs is 10. The maximum absolute atomic E-state index is 6.76. The standard InChI is InChI=1S/C37H23Cl/c38-27-22-25(24-11-2-1-3-12-24)21-26(23-27)28-16-10-20-35-36(28)31-15-6-9-19-34(31)37(35)32-17-7-4-13-29(32)30-14-5-8-18-33(30)37/h1-23H. The summed E-state index contributed by atoms with van der Waals surface area (Å²) >= 11 is 6.76. The number of benzene rings is 6. The predicted octanol–water partition coefficient (Wildman–Crippen LogP) is 10.0. The van der Waals surface area contributed by atoms with Gasteiger partial charge in [-0.25, -0.2) is 0 Å². The van der Waals surface area contributed by atoms with Crippen LogP contribution in [0.15, 0.2) is 140 Å². The summed E-state index contributed by atoms with van der Waals surface area (Å²) in [4.78, 5) is 0. The smallest absolute Gasteiger partial charge is 0.0725 e. The third-order valence-electron chi connectivity index (χ3n) is 8.34. The zero-order valence-electron chi connectivity index (χ0n) is 20.7. The molecule has 0 nitrogen and oxygen atoms in total. The van der Waals surface area contributed by atoms with Crippen LogP contribution in [-0.2, 0) is 5.41 Å². The Bertz CT molecular complexity index is 1830. The lowest BCUT2D eigenvalue weighted by Gasteiger charge is -2.30. The number of rotatable bonds is 2. The summed E-state index contributed by atoms with van der Waals surface area (Å²) in [5.74, 6) is 0. The molecule has 8 rings (SSSR count). The average molecular weight is 503 g/mol. The molecule has 0 N–H and O–H groups in total. The molecule has 2 aliphatic carbocycles. The van der Waals surface area contributed by atoms with Crippen molar-refractivity contribution in [3.05, 3.63) is 167 Å². The molecule has 0 bridgehead atoms. The highest BCUT2D eigenvalue weighted by Crippen LogP contribution is 2.63. The monoisotopic (exact) mass is 502 g/mol. The van der Waals surface area contributed by atoms with Gasteiger partial charge in [0.15, 0.2) is 0 Å². The Morgan fingerprint density at radius 2 is 0.868 bits per heavy atom. The summed E-state index contributed by atoms with van der Waals surface area (Å²) in [5.41, 5.74) is 15.0. The van der Waals surface area contributed by atoms with Crippen LogP contribution in [0.5, 0.6) is 0 Å². The van der Waals surface area contributed by atoms with Gasteiger partial charge in [-0.1, -0.05) is 133 Å². The minimum absolute atomic E-state index is 0.337. The molecule has 0 atom stereocenters. The molecule has 6 aromatic carbocycles. The van der Waals surface area contributed by atoms with Crippen LogP contribution in [0, 0.1) is 0 Å². The first kappa shape index (κ1) is 21.7. The zero-order valence-corrected chi connectivity index (χ0v) is 21.4. The number of hydrogen-bond donors (Lipinski definition) is 0. The van der Waals surface area contributed by atoms with Gasteiger partial charge in [0.1, 0.15) is 0 Å². The third kappa shape index (κ3) is 2.81. The normalized spacial score (nSPS) is 13.6. The van der Waals surface area contributed by atoms with Gasteiger partial charge in [0.05, 0.1) is 5.41 Å². The maximum atomic E-state index is 6.76. The fourth-order valence-corrected chi connectivity index (χ4v) is 7.16. The lowest BCUT2D eigenvalue weighted by Crippen LogP contribution is -2.25. The lowest BCUT2D eigenvalue weighted by molar-refractivity contribution is 0.794. The summed E-state index contributed by atoms with van der Waals surface area (Å²) in [6, 6.07) is 50.5. The van der Waals surface area contributed by atoms with Crippen molar-refractivity contribution in [3.63, 3.8) is 0 Å². The van der Waals surface area contributed by atoms with Crippen molar-refractivity contribution in [2.45, 2.75) is 5.41 Å². The van der Waals surface area contributed by atoms with Crippen LogP contribution in [0.2, 0.25) is 5.02 Å². The fourth-order valence-electron chi connectivity index (χ4n) is 6.93. The predicted molar refractivity (Wildman–Crippen MR) is 159 cm³/mol. The van der Waals surface area contributed by atoms with Crippen LogP contribution in [0.1, 0.15) is 22.3 Å². The van der Waals surface area contributed by atoms with Gasteiger partial charge in [0, 0.05) is 5.02 Å². The molecule has 1 spiro atoms. The summed E-state index contributed by atoms with van der Waals surface area (Å²) in [6.07, 6.45) is 0. The summed E-state index contributed by atoms with van der Waals surface area (Å²) in [5, 5.41) is 0.747. The van der Waals surface area contributed by atoms with Crippen LogP contribution in [0.25, 0.3) is 44.5 Å². The Balaban J connectivity index is 1.47. The van der Waals surface area contributed by atoms with Crippen molar-refractivity contribution < 1.29 is 0 Å². The van der Waals surface area contributed by atoms with E-state index in [1.165, 1.54) is 55.6 Å². The van der Waals surface area contributed by atoms with Gasteiger partial charge in [-0.05, 0) is 85.0 Å². The molecule has 0 amide bonds. The van der Waals surface area contributed by atoms with Gasteiger partial charge in [-0.15, -0.1) is 0 Å². The Labute approximate surface area is 227 Å². The molecule has 0 saturated heterocycles. The van der Waals surface area contributed by atoms with Crippen LogP contribution < -0.4 is 0 Å². The van der Waals surface area contributed by atoms with Gasteiger partial charge in [-0.3, -0.25) is 0 Å². The van der Waals surface area contributed by atoms with E-state index in [-0.39, 0.29) is 5.41 Å². The quantitative estimate of drug-likeness (QED) is 0.220. The third-order valence-corrected chi connectivity index (χ3v) is 8.56. The average Bonchev–Trinajstić information content (AvgIpc) is 3.45. The van der Waals surface area contributed by atoms with Gasteiger partial charge in [-0.2, -0.15) is 0 Å². The second-order valence-corrected chi connectivity index (χ2v) is 10.6. The molecule has 0 aliphatic heterocycles. The molecule has 0 unspecified atom stereocenters. The van der Waals surface area contributed by atoms with Crippen LogP contribution in [0.4, 0.5) is 0 Å².